The highest BCUT2D eigenvalue weighted by Crippen LogP contribution is 2.29. The highest BCUT2D eigenvalue weighted by Gasteiger charge is 2.13. The van der Waals surface area contributed by atoms with E-state index >= 15 is 0 Å². The van der Waals surface area contributed by atoms with Gasteiger partial charge in [0.1, 0.15) is 5.75 Å². The summed E-state index contributed by atoms with van der Waals surface area (Å²) in [5.74, 6) is 0.527. The zero-order valence-electron chi connectivity index (χ0n) is 10.9. The van der Waals surface area contributed by atoms with E-state index < -0.39 is 0 Å². The number of methoxy groups -OCH3 is 1. The van der Waals surface area contributed by atoms with Crippen LogP contribution in [0, 0.1) is 13.8 Å². The lowest BCUT2D eigenvalue weighted by molar-refractivity contribution is 0.103. The monoisotopic (exact) mass is 339 g/mol. The summed E-state index contributed by atoms with van der Waals surface area (Å²) in [6.07, 6.45) is 0. The number of anilines is 1. The molecule has 0 aliphatic rings. The van der Waals surface area contributed by atoms with Crippen LogP contribution in [0.5, 0.6) is 5.75 Å². The summed E-state index contributed by atoms with van der Waals surface area (Å²) < 4.78 is 6.12. The molecule has 2 rings (SSSR count). The molecule has 5 heteroatoms. The van der Waals surface area contributed by atoms with Crippen molar-refractivity contribution in [1.29, 1.82) is 0 Å². The van der Waals surface area contributed by atoms with Crippen molar-refractivity contribution < 1.29 is 9.53 Å². The van der Waals surface area contributed by atoms with E-state index in [2.05, 4.69) is 21.2 Å². The van der Waals surface area contributed by atoms with Crippen molar-refractivity contribution in [2.24, 2.45) is 0 Å². The highest BCUT2D eigenvalue weighted by molar-refractivity contribution is 9.10. The van der Waals surface area contributed by atoms with Gasteiger partial charge in [-0.2, -0.15) is 0 Å². The first-order valence-corrected chi connectivity index (χ1v) is 7.34. The topological polar surface area (TPSA) is 38.3 Å². The molecule has 2 aromatic rings. The lowest BCUT2D eigenvalue weighted by atomic mass is 10.2. The maximum absolute atomic E-state index is 12.2. The standard InChI is InChI=1S/C14H14BrNO2S/c1-8-6-13(19-9(8)2)14(17)16-11-7-10(15)4-5-12(11)18-3/h4-7H,1-3H3,(H,16,17). The number of carbonyl (C=O) groups is 1. The van der Waals surface area contributed by atoms with Gasteiger partial charge >= 0.3 is 0 Å². The summed E-state index contributed by atoms with van der Waals surface area (Å²) in [5, 5.41) is 2.88. The average Bonchev–Trinajstić information content (AvgIpc) is 2.70. The number of halogens is 1. The maximum atomic E-state index is 12.2. The van der Waals surface area contributed by atoms with Gasteiger partial charge in [0.25, 0.3) is 5.91 Å². The number of carbonyl (C=O) groups excluding carboxylic acids is 1. The fourth-order valence-electron chi connectivity index (χ4n) is 1.65. The summed E-state index contributed by atoms with van der Waals surface area (Å²) in [6.45, 7) is 4.01. The number of ether oxygens (including phenoxy) is 1. The third kappa shape index (κ3) is 3.16. The van der Waals surface area contributed by atoms with E-state index in [0.717, 1.165) is 14.9 Å². The van der Waals surface area contributed by atoms with Crippen LogP contribution >= 0.6 is 27.3 Å². The Labute approximate surface area is 124 Å². The van der Waals surface area contributed by atoms with Crippen LogP contribution in [0.2, 0.25) is 0 Å². The van der Waals surface area contributed by atoms with Crippen molar-refractivity contribution in [3.63, 3.8) is 0 Å². The van der Waals surface area contributed by atoms with Crippen molar-refractivity contribution in [3.05, 3.63) is 44.1 Å². The predicted molar refractivity (Wildman–Crippen MR) is 82.4 cm³/mol. The number of hydrogen-bond acceptors (Lipinski definition) is 3. The van der Waals surface area contributed by atoms with Crippen LogP contribution in [0.1, 0.15) is 20.1 Å². The van der Waals surface area contributed by atoms with Crippen molar-refractivity contribution in [3.8, 4) is 5.75 Å². The van der Waals surface area contributed by atoms with Crippen LogP contribution in [-0.4, -0.2) is 13.0 Å². The Kier molecular flexibility index (Phi) is 4.27. The molecule has 0 fully saturated rings. The van der Waals surface area contributed by atoms with Crippen LogP contribution in [0.4, 0.5) is 5.69 Å². The van der Waals surface area contributed by atoms with E-state index in [4.69, 9.17) is 4.74 Å². The highest BCUT2D eigenvalue weighted by atomic mass is 79.9. The minimum absolute atomic E-state index is 0.113. The van der Waals surface area contributed by atoms with E-state index in [1.54, 1.807) is 7.11 Å². The minimum atomic E-state index is -0.113. The number of amides is 1. The Morgan fingerprint density at radius 1 is 1.32 bits per heavy atom. The molecule has 0 saturated heterocycles. The molecule has 0 aliphatic heterocycles. The zero-order chi connectivity index (χ0) is 14.0. The first-order valence-electron chi connectivity index (χ1n) is 5.73. The van der Waals surface area contributed by atoms with Crippen LogP contribution in [0.3, 0.4) is 0 Å². The van der Waals surface area contributed by atoms with Gasteiger partial charge < -0.3 is 10.1 Å². The number of nitrogens with one attached hydrogen (secondary N) is 1. The Morgan fingerprint density at radius 2 is 2.05 bits per heavy atom. The van der Waals surface area contributed by atoms with Gasteiger partial charge in [-0.05, 0) is 43.7 Å². The molecule has 100 valence electrons. The second-order valence-electron chi connectivity index (χ2n) is 4.15. The summed E-state index contributed by atoms with van der Waals surface area (Å²) in [5.41, 5.74) is 1.79. The van der Waals surface area contributed by atoms with Crippen molar-refractivity contribution in [2.75, 3.05) is 12.4 Å². The van der Waals surface area contributed by atoms with E-state index in [9.17, 15) is 4.79 Å². The van der Waals surface area contributed by atoms with Crippen LogP contribution in [0.25, 0.3) is 0 Å². The minimum Gasteiger partial charge on any atom is -0.495 e. The van der Waals surface area contributed by atoms with Crippen LogP contribution in [0.15, 0.2) is 28.7 Å². The maximum Gasteiger partial charge on any atom is 0.265 e. The largest absolute Gasteiger partial charge is 0.495 e. The fraction of sp³-hybridized carbons (Fsp3) is 0.214. The average molecular weight is 340 g/mol. The molecule has 0 spiro atoms. The summed E-state index contributed by atoms with van der Waals surface area (Å²) in [7, 11) is 1.58. The molecule has 1 aromatic heterocycles. The number of hydrogen-bond donors (Lipinski definition) is 1. The molecule has 0 aliphatic carbocycles. The number of thiophene rings is 1. The van der Waals surface area contributed by atoms with Gasteiger partial charge in [-0.1, -0.05) is 15.9 Å². The smallest absolute Gasteiger partial charge is 0.265 e. The lowest BCUT2D eigenvalue weighted by Gasteiger charge is -2.09. The Bertz CT molecular complexity index is 602. The third-order valence-electron chi connectivity index (χ3n) is 2.80. The van der Waals surface area contributed by atoms with E-state index in [1.807, 2.05) is 38.1 Å². The van der Waals surface area contributed by atoms with Gasteiger partial charge in [-0.25, -0.2) is 0 Å². The van der Waals surface area contributed by atoms with Gasteiger partial charge in [0.15, 0.2) is 0 Å². The second kappa shape index (κ2) is 5.75. The van der Waals surface area contributed by atoms with Gasteiger partial charge in [-0.3, -0.25) is 4.79 Å². The molecule has 3 nitrogen and oxygen atoms in total. The quantitative estimate of drug-likeness (QED) is 0.900. The second-order valence-corrected chi connectivity index (χ2v) is 6.32. The van der Waals surface area contributed by atoms with E-state index in [0.29, 0.717) is 16.3 Å². The number of aryl methyl sites for hydroxylation is 2. The zero-order valence-corrected chi connectivity index (χ0v) is 13.3. The first-order chi connectivity index (χ1) is 9.01. The summed E-state index contributed by atoms with van der Waals surface area (Å²) in [6, 6.07) is 7.41. The predicted octanol–water partition coefficient (Wildman–Crippen LogP) is 4.39. The van der Waals surface area contributed by atoms with Crippen molar-refractivity contribution in [2.45, 2.75) is 13.8 Å². The molecule has 0 saturated carbocycles. The normalized spacial score (nSPS) is 10.3. The summed E-state index contributed by atoms with van der Waals surface area (Å²) in [4.78, 5) is 14.1. The molecular weight excluding hydrogens is 326 g/mol. The lowest BCUT2D eigenvalue weighted by Crippen LogP contribution is -2.11. The van der Waals surface area contributed by atoms with Crippen molar-refractivity contribution >= 4 is 38.9 Å². The molecule has 1 aromatic carbocycles. The fourth-order valence-corrected chi connectivity index (χ4v) is 2.94. The van der Waals surface area contributed by atoms with Gasteiger partial charge in [-0.15, -0.1) is 11.3 Å². The first kappa shape index (κ1) is 14.1. The van der Waals surface area contributed by atoms with Crippen LogP contribution in [-0.2, 0) is 0 Å². The molecule has 19 heavy (non-hydrogen) atoms. The Hall–Kier alpha value is -1.33. The molecular formula is C14H14BrNO2S. The van der Waals surface area contributed by atoms with Crippen molar-refractivity contribution in [1.82, 2.24) is 0 Å². The van der Waals surface area contributed by atoms with Crippen LogP contribution < -0.4 is 10.1 Å². The van der Waals surface area contributed by atoms with Gasteiger partial charge in [0.2, 0.25) is 0 Å². The summed E-state index contributed by atoms with van der Waals surface area (Å²) >= 11 is 4.88. The number of rotatable bonds is 3. The number of benzene rings is 1. The molecule has 1 heterocycles. The van der Waals surface area contributed by atoms with E-state index in [-0.39, 0.29) is 5.91 Å². The molecule has 0 atom stereocenters. The molecule has 0 bridgehead atoms. The molecule has 1 amide bonds. The van der Waals surface area contributed by atoms with Gasteiger partial charge in [0.05, 0.1) is 17.7 Å². The Morgan fingerprint density at radius 3 is 2.63 bits per heavy atom. The Balaban J connectivity index is 2.25. The SMILES string of the molecule is COc1ccc(Br)cc1NC(=O)c1cc(C)c(C)s1. The molecule has 0 unspecified atom stereocenters. The van der Waals surface area contributed by atoms with Gasteiger partial charge in [0, 0.05) is 9.35 Å². The molecule has 1 N–H and O–H groups in total. The van der Waals surface area contributed by atoms with E-state index in [1.165, 1.54) is 11.3 Å². The molecule has 0 radical (unpaired) electrons. The third-order valence-corrected chi connectivity index (χ3v) is 4.44.